The average Bonchev–Trinajstić information content (AvgIpc) is 2.83. The second kappa shape index (κ2) is 9.40. The highest BCUT2D eigenvalue weighted by molar-refractivity contribution is 5.89. The number of hydrogen-bond acceptors (Lipinski definition) is 3. The van der Waals surface area contributed by atoms with Crippen LogP contribution in [0.25, 0.3) is 0 Å². The molecule has 3 nitrogen and oxygen atoms in total. The van der Waals surface area contributed by atoms with Gasteiger partial charge < -0.3 is 9.47 Å². The third kappa shape index (κ3) is 4.75. The van der Waals surface area contributed by atoms with Gasteiger partial charge in [0.25, 0.3) is 0 Å². The zero-order valence-corrected chi connectivity index (χ0v) is 19.2. The first-order valence-corrected chi connectivity index (χ1v) is 11.8. The van der Waals surface area contributed by atoms with Crippen molar-refractivity contribution in [3.63, 3.8) is 0 Å². The molecular weight excluding hydrogens is 429 g/mol. The first-order chi connectivity index (χ1) is 15.8. The van der Waals surface area contributed by atoms with Crippen molar-refractivity contribution in [2.45, 2.75) is 76.0 Å². The van der Waals surface area contributed by atoms with Gasteiger partial charge in [0.2, 0.25) is 0 Å². The second-order valence-corrected chi connectivity index (χ2v) is 9.36. The van der Waals surface area contributed by atoms with Gasteiger partial charge >= 0.3 is 12.1 Å². The van der Waals surface area contributed by atoms with Gasteiger partial charge in [0.15, 0.2) is 0 Å². The van der Waals surface area contributed by atoms with Crippen LogP contribution in [0.3, 0.4) is 0 Å². The van der Waals surface area contributed by atoms with E-state index in [1.54, 1.807) is 12.1 Å². The quantitative estimate of drug-likeness (QED) is 0.451. The normalized spacial score (nSPS) is 25.1. The zero-order valence-electron chi connectivity index (χ0n) is 19.2. The van der Waals surface area contributed by atoms with Gasteiger partial charge in [0.05, 0.1) is 24.7 Å². The van der Waals surface area contributed by atoms with Crippen LogP contribution in [0, 0.1) is 5.92 Å². The fourth-order valence-electron chi connectivity index (χ4n) is 5.49. The summed E-state index contributed by atoms with van der Waals surface area (Å²) in [4.78, 5) is 11.9. The molecule has 33 heavy (non-hydrogen) atoms. The van der Waals surface area contributed by atoms with Gasteiger partial charge in [0, 0.05) is 5.41 Å². The summed E-state index contributed by atoms with van der Waals surface area (Å²) in [6.45, 7) is 2.15. The lowest BCUT2D eigenvalue weighted by molar-refractivity contribution is -0.184. The minimum absolute atomic E-state index is 0.0917. The number of halogens is 3. The number of esters is 1. The number of methoxy groups -OCH3 is 1. The van der Waals surface area contributed by atoms with Crippen molar-refractivity contribution in [1.82, 2.24) is 0 Å². The molecule has 178 valence electrons. The van der Waals surface area contributed by atoms with Crippen LogP contribution in [0.4, 0.5) is 13.2 Å². The van der Waals surface area contributed by atoms with Crippen molar-refractivity contribution < 1.29 is 27.4 Å². The molecule has 4 rings (SSSR count). The molecular formula is C27H31F3O3. The lowest BCUT2D eigenvalue weighted by Crippen LogP contribution is -2.37. The van der Waals surface area contributed by atoms with E-state index in [1.807, 2.05) is 24.3 Å². The maximum absolute atomic E-state index is 13.4. The molecule has 1 unspecified atom stereocenters. The number of ether oxygens (including phenoxy) is 2. The second-order valence-electron chi connectivity index (χ2n) is 9.36. The van der Waals surface area contributed by atoms with E-state index in [0.717, 1.165) is 48.1 Å². The summed E-state index contributed by atoms with van der Waals surface area (Å²) in [6, 6.07) is 13.3. The highest BCUT2D eigenvalue weighted by Crippen LogP contribution is 2.50. The zero-order chi connectivity index (χ0) is 23.6. The number of aryl methyl sites for hydroxylation is 1. The molecule has 1 fully saturated rings. The third-order valence-corrected chi connectivity index (χ3v) is 7.41. The summed E-state index contributed by atoms with van der Waals surface area (Å²) < 4.78 is 51.3. The summed E-state index contributed by atoms with van der Waals surface area (Å²) in [7, 11) is 1.33. The lowest BCUT2D eigenvalue weighted by Gasteiger charge is -2.42. The van der Waals surface area contributed by atoms with E-state index in [4.69, 9.17) is 9.47 Å². The van der Waals surface area contributed by atoms with Crippen molar-refractivity contribution in [3.8, 4) is 5.75 Å². The fourth-order valence-corrected chi connectivity index (χ4v) is 5.49. The molecule has 0 N–H and O–H groups in total. The Bertz CT molecular complexity index is 973. The Morgan fingerprint density at radius 2 is 1.73 bits per heavy atom. The van der Waals surface area contributed by atoms with Gasteiger partial charge in [-0.2, -0.15) is 13.2 Å². The molecule has 0 saturated heterocycles. The summed E-state index contributed by atoms with van der Waals surface area (Å²) in [6.07, 6.45) is 1.04. The van der Waals surface area contributed by atoms with Crippen LogP contribution in [0.1, 0.15) is 78.9 Å². The van der Waals surface area contributed by atoms with E-state index in [1.165, 1.54) is 7.11 Å². The molecule has 1 atom stereocenters. The molecule has 2 aromatic carbocycles. The Labute approximate surface area is 193 Å². The molecule has 2 aromatic rings. The number of rotatable bonds is 5. The van der Waals surface area contributed by atoms with Gasteiger partial charge in [-0.15, -0.1) is 0 Å². The van der Waals surface area contributed by atoms with Crippen molar-refractivity contribution in [2.75, 3.05) is 7.11 Å². The summed E-state index contributed by atoms with van der Waals surface area (Å²) in [5, 5.41) is 0. The Balaban J connectivity index is 1.69. The Hall–Kier alpha value is -2.50. The van der Waals surface area contributed by atoms with Gasteiger partial charge in [0.1, 0.15) is 5.75 Å². The SMILES string of the molecule is CCCC1CCc2cc(C3(c4ccc(C(=O)OC)cc4)CCC(C(F)(F)F)CC3)ccc2O1. The van der Waals surface area contributed by atoms with Crippen LogP contribution in [-0.4, -0.2) is 25.4 Å². The molecule has 0 spiro atoms. The van der Waals surface area contributed by atoms with Gasteiger partial charge in [-0.1, -0.05) is 37.6 Å². The number of alkyl halides is 3. The predicted octanol–water partition coefficient (Wildman–Crippen LogP) is 7.01. The number of carbonyl (C=O) groups excluding carboxylic acids is 1. The summed E-state index contributed by atoms with van der Waals surface area (Å²) >= 11 is 0. The first kappa shape index (κ1) is 23.7. The summed E-state index contributed by atoms with van der Waals surface area (Å²) in [5.41, 5.74) is 3.01. The maximum Gasteiger partial charge on any atom is 0.391 e. The van der Waals surface area contributed by atoms with E-state index in [0.29, 0.717) is 18.4 Å². The van der Waals surface area contributed by atoms with Crippen molar-refractivity contribution in [3.05, 3.63) is 64.7 Å². The van der Waals surface area contributed by atoms with Gasteiger partial charge in [-0.25, -0.2) is 4.79 Å². The lowest BCUT2D eigenvalue weighted by atomic mass is 9.62. The first-order valence-electron chi connectivity index (χ1n) is 11.8. The molecule has 0 bridgehead atoms. The molecule has 1 aliphatic heterocycles. The maximum atomic E-state index is 13.4. The van der Waals surface area contributed by atoms with Crippen molar-refractivity contribution >= 4 is 5.97 Å². The fraction of sp³-hybridized carbons (Fsp3) is 0.519. The van der Waals surface area contributed by atoms with E-state index >= 15 is 0 Å². The Kier molecular flexibility index (Phi) is 6.73. The van der Waals surface area contributed by atoms with Crippen LogP contribution in [0.15, 0.2) is 42.5 Å². The predicted molar refractivity (Wildman–Crippen MR) is 121 cm³/mol. The Morgan fingerprint density at radius 3 is 2.33 bits per heavy atom. The largest absolute Gasteiger partial charge is 0.490 e. The molecule has 0 radical (unpaired) electrons. The molecule has 1 saturated carbocycles. The number of hydrogen-bond donors (Lipinski definition) is 0. The van der Waals surface area contributed by atoms with Crippen molar-refractivity contribution in [2.24, 2.45) is 5.92 Å². The molecule has 0 amide bonds. The van der Waals surface area contributed by atoms with Crippen LogP contribution < -0.4 is 4.74 Å². The monoisotopic (exact) mass is 460 g/mol. The topological polar surface area (TPSA) is 35.5 Å². The molecule has 1 aliphatic carbocycles. The van der Waals surface area contributed by atoms with E-state index in [2.05, 4.69) is 13.0 Å². The minimum Gasteiger partial charge on any atom is -0.490 e. The van der Waals surface area contributed by atoms with Gasteiger partial charge in [-0.3, -0.25) is 0 Å². The highest BCUT2D eigenvalue weighted by Gasteiger charge is 2.47. The van der Waals surface area contributed by atoms with E-state index in [-0.39, 0.29) is 18.9 Å². The standard InChI is InChI=1S/C27H31F3O3/c1-3-4-23-11-7-19-17-22(10-12-24(19)33-23)26(15-13-21(14-16-26)27(28,29)30)20-8-5-18(6-9-20)25(31)32-2/h5-6,8-10,12,17,21,23H,3-4,7,11,13-16H2,1-2H3. The average molecular weight is 461 g/mol. The number of carbonyl (C=O) groups is 1. The third-order valence-electron chi connectivity index (χ3n) is 7.41. The molecule has 1 heterocycles. The smallest absolute Gasteiger partial charge is 0.391 e. The van der Waals surface area contributed by atoms with Crippen LogP contribution in [0.2, 0.25) is 0 Å². The Morgan fingerprint density at radius 1 is 1.06 bits per heavy atom. The van der Waals surface area contributed by atoms with Gasteiger partial charge in [-0.05, 0) is 79.8 Å². The molecule has 0 aromatic heterocycles. The van der Waals surface area contributed by atoms with E-state index < -0.39 is 23.5 Å². The van der Waals surface area contributed by atoms with Crippen molar-refractivity contribution in [1.29, 1.82) is 0 Å². The molecule has 6 heteroatoms. The minimum atomic E-state index is -4.17. The highest BCUT2D eigenvalue weighted by atomic mass is 19.4. The van der Waals surface area contributed by atoms with Crippen LogP contribution in [-0.2, 0) is 16.6 Å². The van der Waals surface area contributed by atoms with Crippen LogP contribution in [0.5, 0.6) is 5.75 Å². The van der Waals surface area contributed by atoms with Crippen LogP contribution >= 0.6 is 0 Å². The number of benzene rings is 2. The summed E-state index contributed by atoms with van der Waals surface area (Å²) in [5.74, 6) is -0.803. The molecule has 2 aliphatic rings. The van der Waals surface area contributed by atoms with E-state index in [9.17, 15) is 18.0 Å². The number of fused-ring (bicyclic) bond motifs is 1.